The molecule has 0 heterocycles. The normalized spacial score (nSPS) is 24.3. The van der Waals surface area contributed by atoms with Crippen molar-refractivity contribution in [1.29, 1.82) is 0 Å². The summed E-state index contributed by atoms with van der Waals surface area (Å²) in [4.78, 5) is 10.7. The van der Waals surface area contributed by atoms with E-state index in [0.29, 0.717) is 10.7 Å². The van der Waals surface area contributed by atoms with Gasteiger partial charge < -0.3 is 10.5 Å². The van der Waals surface area contributed by atoms with Gasteiger partial charge in [0.1, 0.15) is 5.71 Å². The molecule has 2 N–H and O–H groups in total. The second kappa shape index (κ2) is 4.09. The molecule has 0 radical (unpaired) electrons. The van der Waals surface area contributed by atoms with Crippen molar-refractivity contribution in [3.63, 3.8) is 0 Å². The molecule has 5 heteroatoms. The molecular weight excluding hydrogens is 192 g/mol. The highest BCUT2D eigenvalue weighted by atomic mass is 35.5. The third kappa shape index (κ3) is 2.59. The second-order valence-electron chi connectivity index (χ2n) is 2.59. The molecule has 0 bridgehead atoms. The fourth-order valence-electron chi connectivity index (χ4n) is 0.998. The fraction of sp³-hybridized carbons (Fsp3) is 0.250. The fourth-order valence-corrected chi connectivity index (χ4v) is 1.18. The van der Waals surface area contributed by atoms with Gasteiger partial charge in [-0.1, -0.05) is 22.8 Å². The number of rotatable bonds is 1. The Labute approximate surface area is 80.6 Å². The number of nitrogens with zero attached hydrogens (tertiary/aromatic N) is 1. The molecule has 13 heavy (non-hydrogen) atoms. The zero-order chi connectivity index (χ0) is 9.84. The summed E-state index contributed by atoms with van der Waals surface area (Å²) < 4.78 is 0. The topological polar surface area (TPSA) is 61.7 Å². The van der Waals surface area contributed by atoms with Crippen LogP contribution in [0.5, 0.6) is 0 Å². The largest absolute Gasteiger partial charge is 0.411 e. The maximum Gasteiger partial charge on any atom is 0.217 e. The lowest BCUT2D eigenvalue weighted by Gasteiger charge is -2.15. The summed E-state index contributed by atoms with van der Waals surface area (Å²) in [5.41, 5.74) is 0.322. The monoisotopic (exact) mass is 200 g/mol. The number of halogens is 1. The molecule has 0 aliphatic heterocycles. The summed E-state index contributed by atoms with van der Waals surface area (Å²) in [5.74, 6) is -0.192. The molecule has 0 aromatic rings. The Balaban J connectivity index is 2.78. The third-order valence-corrected chi connectivity index (χ3v) is 1.76. The van der Waals surface area contributed by atoms with Crippen molar-refractivity contribution >= 4 is 23.2 Å². The van der Waals surface area contributed by atoms with Crippen LogP contribution in [0.3, 0.4) is 0 Å². The molecule has 0 saturated carbocycles. The van der Waals surface area contributed by atoms with E-state index in [9.17, 15) is 4.79 Å². The van der Waals surface area contributed by atoms with E-state index in [1.54, 1.807) is 12.2 Å². The summed E-state index contributed by atoms with van der Waals surface area (Å²) in [6, 6.07) is -0.398. The Morgan fingerprint density at radius 1 is 1.77 bits per heavy atom. The molecule has 1 amide bonds. The summed E-state index contributed by atoms with van der Waals surface area (Å²) in [6.45, 7) is 1.39. The second-order valence-corrected chi connectivity index (χ2v) is 3.03. The van der Waals surface area contributed by atoms with E-state index in [-0.39, 0.29) is 5.91 Å². The summed E-state index contributed by atoms with van der Waals surface area (Å²) in [5, 5.41) is 14.7. The average Bonchev–Trinajstić information content (AvgIpc) is 2.07. The Hall–Kier alpha value is -1.29. The van der Waals surface area contributed by atoms with Crippen LogP contribution in [0.15, 0.2) is 28.4 Å². The van der Waals surface area contributed by atoms with Gasteiger partial charge >= 0.3 is 0 Å². The SMILES string of the molecule is CC(=O)NC1C=CC(Cl)=CC1=NO. The van der Waals surface area contributed by atoms with Crippen LogP contribution >= 0.6 is 11.6 Å². The van der Waals surface area contributed by atoms with Crippen molar-refractivity contribution in [3.8, 4) is 0 Å². The van der Waals surface area contributed by atoms with Crippen molar-refractivity contribution in [3.05, 3.63) is 23.3 Å². The number of oxime groups is 1. The van der Waals surface area contributed by atoms with Crippen molar-refractivity contribution < 1.29 is 10.0 Å². The first-order valence-electron chi connectivity index (χ1n) is 3.68. The summed E-state index contributed by atoms with van der Waals surface area (Å²) >= 11 is 5.66. The van der Waals surface area contributed by atoms with Gasteiger partial charge in [0.15, 0.2) is 0 Å². The van der Waals surface area contributed by atoms with E-state index in [4.69, 9.17) is 16.8 Å². The number of carbonyl (C=O) groups is 1. The van der Waals surface area contributed by atoms with E-state index < -0.39 is 6.04 Å². The molecule has 1 aliphatic carbocycles. The minimum Gasteiger partial charge on any atom is -0.411 e. The highest BCUT2D eigenvalue weighted by molar-refractivity contribution is 6.33. The van der Waals surface area contributed by atoms with Crippen LogP contribution in [-0.4, -0.2) is 22.9 Å². The Bertz CT molecular complexity index is 307. The van der Waals surface area contributed by atoms with Crippen LogP contribution in [-0.2, 0) is 4.79 Å². The highest BCUT2D eigenvalue weighted by Gasteiger charge is 2.16. The maximum absolute atomic E-state index is 10.7. The van der Waals surface area contributed by atoms with Crippen molar-refractivity contribution in [2.75, 3.05) is 0 Å². The lowest BCUT2D eigenvalue weighted by Crippen LogP contribution is -2.38. The van der Waals surface area contributed by atoms with Crippen LogP contribution in [0.25, 0.3) is 0 Å². The smallest absolute Gasteiger partial charge is 0.217 e. The Morgan fingerprint density at radius 2 is 2.46 bits per heavy atom. The van der Waals surface area contributed by atoms with E-state index in [1.807, 2.05) is 0 Å². The first-order valence-corrected chi connectivity index (χ1v) is 4.05. The van der Waals surface area contributed by atoms with Gasteiger partial charge in [0.25, 0.3) is 0 Å². The predicted molar refractivity (Wildman–Crippen MR) is 49.9 cm³/mol. The van der Waals surface area contributed by atoms with E-state index >= 15 is 0 Å². The molecule has 0 saturated heterocycles. The van der Waals surface area contributed by atoms with E-state index in [1.165, 1.54) is 13.0 Å². The highest BCUT2D eigenvalue weighted by Crippen LogP contribution is 2.12. The standard InChI is InChI=1S/C8H9ClN2O2/c1-5(12)10-7-3-2-6(9)4-8(7)11-13/h2-4,7,13H,1H3,(H,10,12). The number of nitrogens with one attached hydrogen (secondary N) is 1. The first-order chi connectivity index (χ1) is 6.13. The molecule has 1 aliphatic rings. The van der Waals surface area contributed by atoms with Crippen LogP contribution < -0.4 is 5.32 Å². The summed E-state index contributed by atoms with van der Waals surface area (Å²) in [7, 11) is 0. The van der Waals surface area contributed by atoms with Gasteiger partial charge in [0.05, 0.1) is 6.04 Å². The van der Waals surface area contributed by atoms with Crippen molar-refractivity contribution in [2.45, 2.75) is 13.0 Å². The summed E-state index contributed by atoms with van der Waals surface area (Å²) in [6.07, 6.45) is 4.78. The zero-order valence-electron chi connectivity index (χ0n) is 6.99. The Morgan fingerprint density at radius 3 is 3.00 bits per heavy atom. The van der Waals surface area contributed by atoms with E-state index in [2.05, 4.69) is 10.5 Å². The van der Waals surface area contributed by atoms with Crippen molar-refractivity contribution in [2.24, 2.45) is 5.16 Å². The van der Waals surface area contributed by atoms with Gasteiger partial charge in [-0.3, -0.25) is 4.79 Å². The number of amides is 1. The lowest BCUT2D eigenvalue weighted by molar-refractivity contribution is -0.119. The Kier molecular flexibility index (Phi) is 3.08. The minimum absolute atomic E-state index is 0.192. The van der Waals surface area contributed by atoms with Gasteiger partial charge in [-0.2, -0.15) is 0 Å². The number of allylic oxidation sites excluding steroid dienone is 2. The van der Waals surface area contributed by atoms with Crippen molar-refractivity contribution in [1.82, 2.24) is 5.32 Å². The molecule has 70 valence electrons. The van der Waals surface area contributed by atoms with Gasteiger partial charge in [-0.25, -0.2) is 0 Å². The van der Waals surface area contributed by atoms with Gasteiger partial charge in [0, 0.05) is 12.0 Å². The van der Waals surface area contributed by atoms with Crippen LogP contribution in [0.2, 0.25) is 0 Å². The van der Waals surface area contributed by atoms with Gasteiger partial charge in [-0.05, 0) is 12.2 Å². The van der Waals surface area contributed by atoms with E-state index in [0.717, 1.165) is 0 Å². The lowest BCUT2D eigenvalue weighted by atomic mass is 10.1. The van der Waals surface area contributed by atoms with Crippen LogP contribution in [0.1, 0.15) is 6.92 Å². The molecule has 0 fully saturated rings. The molecule has 1 unspecified atom stereocenters. The minimum atomic E-state index is -0.398. The van der Waals surface area contributed by atoms with Gasteiger partial charge in [0.2, 0.25) is 5.91 Å². The van der Waals surface area contributed by atoms with Crippen LogP contribution in [0, 0.1) is 0 Å². The maximum atomic E-state index is 10.7. The molecule has 0 spiro atoms. The predicted octanol–water partition coefficient (Wildman–Crippen LogP) is 1.01. The number of hydrogen-bond acceptors (Lipinski definition) is 3. The molecular formula is C8H9ClN2O2. The third-order valence-electron chi connectivity index (χ3n) is 1.53. The molecule has 1 rings (SSSR count). The number of hydrogen-bond donors (Lipinski definition) is 2. The quantitative estimate of drug-likeness (QED) is 0.490. The molecule has 0 aromatic heterocycles. The van der Waals surface area contributed by atoms with Crippen LogP contribution in [0.4, 0.5) is 0 Å². The molecule has 1 atom stereocenters. The number of carbonyl (C=O) groups excluding carboxylic acids is 1. The van der Waals surface area contributed by atoms with Gasteiger partial charge in [-0.15, -0.1) is 0 Å². The zero-order valence-corrected chi connectivity index (χ0v) is 7.75. The average molecular weight is 201 g/mol. The molecule has 0 aromatic carbocycles. The first kappa shape index (κ1) is 9.80. The molecule has 4 nitrogen and oxygen atoms in total.